The maximum Gasteiger partial charge on any atom is 0.407 e. The van der Waals surface area contributed by atoms with Crippen molar-refractivity contribution >= 4 is 6.09 Å². The summed E-state index contributed by atoms with van der Waals surface area (Å²) in [7, 11) is 0. The molecule has 1 aliphatic carbocycles. The molecule has 0 atom stereocenters. The molecule has 3 heterocycles. The molecule has 1 saturated carbocycles. The van der Waals surface area contributed by atoms with Gasteiger partial charge < -0.3 is 14.9 Å². The molecule has 6 heteroatoms. The van der Waals surface area contributed by atoms with Crippen molar-refractivity contribution in [2.24, 2.45) is 5.41 Å². The zero-order chi connectivity index (χ0) is 15.2. The van der Waals surface area contributed by atoms with Crippen LogP contribution in [-0.2, 0) is 0 Å². The molecule has 0 bridgehead atoms. The molecule has 1 aromatic rings. The van der Waals surface area contributed by atoms with Crippen molar-refractivity contribution < 1.29 is 9.90 Å². The quantitative estimate of drug-likeness (QED) is 0.908. The van der Waals surface area contributed by atoms with Crippen molar-refractivity contribution in [1.82, 2.24) is 19.6 Å². The second-order valence-electron chi connectivity index (χ2n) is 7.27. The minimum absolute atomic E-state index is 0.294. The Morgan fingerprint density at radius 1 is 1.18 bits per heavy atom. The Hall–Kier alpha value is -1.56. The molecule has 1 spiro atoms. The van der Waals surface area contributed by atoms with Crippen LogP contribution in [0.5, 0.6) is 0 Å². The molecule has 2 aliphatic heterocycles. The lowest BCUT2D eigenvalue weighted by Crippen LogP contribution is -2.54. The largest absolute Gasteiger partial charge is 0.465 e. The molecular weight excluding hydrogens is 280 g/mol. The van der Waals surface area contributed by atoms with Gasteiger partial charge in [0, 0.05) is 44.6 Å². The van der Waals surface area contributed by atoms with Crippen LogP contribution in [0.15, 0.2) is 18.5 Å². The third-order valence-corrected chi connectivity index (χ3v) is 5.96. The first-order chi connectivity index (χ1) is 10.7. The SMILES string of the molecule is O=C(O)N1CCC2(CC(N3CCC(n4cccn4)CC3)C2)C1. The van der Waals surface area contributed by atoms with Crippen molar-refractivity contribution in [3.8, 4) is 0 Å². The number of amides is 1. The van der Waals surface area contributed by atoms with Crippen molar-refractivity contribution in [3.05, 3.63) is 18.5 Å². The Balaban J connectivity index is 1.27. The summed E-state index contributed by atoms with van der Waals surface area (Å²) < 4.78 is 2.10. The van der Waals surface area contributed by atoms with E-state index < -0.39 is 6.09 Å². The van der Waals surface area contributed by atoms with E-state index in [9.17, 15) is 4.79 Å². The zero-order valence-corrected chi connectivity index (χ0v) is 12.9. The summed E-state index contributed by atoms with van der Waals surface area (Å²) in [6.45, 7) is 3.77. The predicted molar refractivity (Wildman–Crippen MR) is 81.7 cm³/mol. The molecule has 0 radical (unpaired) electrons. The summed E-state index contributed by atoms with van der Waals surface area (Å²) >= 11 is 0. The summed E-state index contributed by atoms with van der Waals surface area (Å²) in [6.07, 6.45) is 8.94. The van der Waals surface area contributed by atoms with Crippen molar-refractivity contribution in [1.29, 1.82) is 0 Å². The van der Waals surface area contributed by atoms with Gasteiger partial charge in [-0.3, -0.25) is 4.68 Å². The monoisotopic (exact) mass is 304 g/mol. The molecule has 4 rings (SSSR count). The molecular formula is C16H24N4O2. The van der Waals surface area contributed by atoms with E-state index in [4.69, 9.17) is 5.11 Å². The number of hydrogen-bond donors (Lipinski definition) is 1. The van der Waals surface area contributed by atoms with Crippen LogP contribution >= 0.6 is 0 Å². The van der Waals surface area contributed by atoms with Gasteiger partial charge in [-0.1, -0.05) is 0 Å². The lowest BCUT2D eigenvalue weighted by molar-refractivity contribution is -0.00820. The number of carboxylic acid groups (broad SMARTS) is 1. The van der Waals surface area contributed by atoms with E-state index in [1.165, 1.54) is 25.7 Å². The van der Waals surface area contributed by atoms with Gasteiger partial charge in [-0.15, -0.1) is 0 Å². The number of nitrogens with zero attached hydrogens (tertiary/aromatic N) is 4. The normalized spacial score (nSPS) is 33.3. The summed E-state index contributed by atoms with van der Waals surface area (Å²) in [5, 5.41) is 13.5. The van der Waals surface area contributed by atoms with Crippen LogP contribution in [0.25, 0.3) is 0 Å². The molecule has 3 aliphatic rings. The maximum atomic E-state index is 11.1. The molecule has 0 aromatic carbocycles. The van der Waals surface area contributed by atoms with Gasteiger partial charge in [0.1, 0.15) is 0 Å². The van der Waals surface area contributed by atoms with Gasteiger partial charge in [-0.2, -0.15) is 5.10 Å². The molecule has 120 valence electrons. The number of aromatic nitrogens is 2. The Morgan fingerprint density at radius 2 is 1.95 bits per heavy atom. The molecule has 0 unspecified atom stereocenters. The van der Waals surface area contributed by atoms with Gasteiger partial charge in [0.05, 0.1) is 6.04 Å². The lowest BCUT2D eigenvalue weighted by Gasteiger charge is -2.51. The summed E-state index contributed by atoms with van der Waals surface area (Å²) in [4.78, 5) is 15.3. The number of carbonyl (C=O) groups is 1. The van der Waals surface area contributed by atoms with E-state index in [1.54, 1.807) is 4.90 Å². The van der Waals surface area contributed by atoms with Crippen LogP contribution < -0.4 is 0 Å². The Labute approximate surface area is 130 Å². The first-order valence-corrected chi connectivity index (χ1v) is 8.36. The highest BCUT2D eigenvalue weighted by atomic mass is 16.4. The van der Waals surface area contributed by atoms with Gasteiger partial charge in [0.25, 0.3) is 0 Å². The van der Waals surface area contributed by atoms with E-state index in [2.05, 4.69) is 20.9 Å². The Morgan fingerprint density at radius 3 is 2.55 bits per heavy atom. The van der Waals surface area contributed by atoms with Gasteiger partial charge >= 0.3 is 6.09 Å². The summed E-state index contributed by atoms with van der Waals surface area (Å²) in [5.74, 6) is 0. The van der Waals surface area contributed by atoms with Gasteiger partial charge in [0.2, 0.25) is 0 Å². The second-order valence-corrected chi connectivity index (χ2v) is 7.27. The van der Waals surface area contributed by atoms with Crippen molar-refractivity contribution in [2.45, 2.75) is 44.2 Å². The van der Waals surface area contributed by atoms with E-state index in [0.717, 1.165) is 32.6 Å². The fourth-order valence-electron chi connectivity index (χ4n) is 4.64. The molecule has 1 aromatic heterocycles. The molecule has 1 N–H and O–H groups in total. The van der Waals surface area contributed by atoms with E-state index in [-0.39, 0.29) is 0 Å². The van der Waals surface area contributed by atoms with Gasteiger partial charge in [-0.05, 0) is 43.6 Å². The van der Waals surface area contributed by atoms with Crippen molar-refractivity contribution in [3.63, 3.8) is 0 Å². The summed E-state index contributed by atoms with van der Waals surface area (Å²) in [5.41, 5.74) is 0.294. The van der Waals surface area contributed by atoms with Gasteiger partial charge in [-0.25, -0.2) is 4.79 Å². The molecule has 2 saturated heterocycles. The number of hydrogen-bond acceptors (Lipinski definition) is 3. The standard InChI is InChI=1S/C16H24N4O2/c21-15(22)19-9-4-16(12-19)10-14(11-16)18-7-2-13(3-8-18)20-6-1-5-17-20/h1,5-6,13-14H,2-4,7-12H2,(H,21,22). The number of rotatable bonds is 2. The summed E-state index contributed by atoms with van der Waals surface area (Å²) in [6, 6.07) is 3.22. The first kappa shape index (κ1) is 14.1. The highest BCUT2D eigenvalue weighted by Gasteiger charge is 2.51. The molecule has 1 amide bonds. The van der Waals surface area contributed by atoms with E-state index >= 15 is 0 Å². The third-order valence-electron chi connectivity index (χ3n) is 5.96. The fraction of sp³-hybridized carbons (Fsp3) is 0.750. The van der Waals surface area contributed by atoms with E-state index in [1.807, 2.05) is 12.3 Å². The van der Waals surface area contributed by atoms with Gasteiger partial charge in [0.15, 0.2) is 0 Å². The molecule has 22 heavy (non-hydrogen) atoms. The van der Waals surface area contributed by atoms with Crippen LogP contribution in [0.3, 0.4) is 0 Å². The predicted octanol–water partition coefficient (Wildman–Crippen LogP) is 2.05. The van der Waals surface area contributed by atoms with Crippen molar-refractivity contribution in [2.75, 3.05) is 26.2 Å². The third kappa shape index (κ3) is 2.39. The van der Waals surface area contributed by atoms with Crippen LogP contribution in [0.1, 0.15) is 38.1 Å². The highest BCUT2D eigenvalue weighted by molar-refractivity contribution is 5.65. The van der Waals surface area contributed by atoms with Crippen LogP contribution in [0.2, 0.25) is 0 Å². The highest BCUT2D eigenvalue weighted by Crippen LogP contribution is 2.50. The maximum absolute atomic E-state index is 11.1. The Bertz CT molecular complexity index is 530. The Kier molecular flexibility index (Phi) is 3.36. The smallest absolute Gasteiger partial charge is 0.407 e. The number of piperidine rings is 1. The lowest BCUT2D eigenvalue weighted by atomic mass is 9.64. The topological polar surface area (TPSA) is 61.6 Å². The molecule has 6 nitrogen and oxygen atoms in total. The molecule has 3 fully saturated rings. The van der Waals surface area contributed by atoms with E-state index in [0.29, 0.717) is 17.5 Å². The minimum Gasteiger partial charge on any atom is -0.465 e. The average Bonchev–Trinajstić information content (AvgIpc) is 3.15. The second kappa shape index (κ2) is 5.26. The first-order valence-electron chi connectivity index (χ1n) is 8.36. The van der Waals surface area contributed by atoms with Crippen LogP contribution in [0.4, 0.5) is 4.79 Å². The number of likely N-dealkylation sites (tertiary alicyclic amines) is 2. The zero-order valence-electron chi connectivity index (χ0n) is 12.9. The minimum atomic E-state index is -0.750. The fourth-order valence-corrected chi connectivity index (χ4v) is 4.64. The van der Waals surface area contributed by atoms with Crippen LogP contribution in [-0.4, -0.2) is 63.0 Å². The van der Waals surface area contributed by atoms with Crippen LogP contribution in [0, 0.1) is 5.41 Å². The average molecular weight is 304 g/mol.